The predicted molar refractivity (Wildman–Crippen MR) is 70.4 cm³/mol. The van der Waals surface area contributed by atoms with Crippen molar-refractivity contribution in [2.45, 2.75) is 5.25 Å². The maximum atomic E-state index is 11.5. The average Bonchev–Trinajstić information content (AvgIpc) is 2.26. The van der Waals surface area contributed by atoms with Crippen molar-refractivity contribution in [2.24, 2.45) is 0 Å². The van der Waals surface area contributed by atoms with E-state index in [1.54, 1.807) is 0 Å². The van der Waals surface area contributed by atoms with Gasteiger partial charge in [0.1, 0.15) is 8.78 Å². The zero-order valence-electron chi connectivity index (χ0n) is 8.04. The van der Waals surface area contributed by atoms with Gasteiger partial charge in [0.15, 0.2) is 0 Å². The smallest absolute Gasteiger partial charge is 0.323 e. The van der Waals surface area contributed by atoms with Gasteiger partial charge in [-0.15, -0.1) is 12.6 Å². The number of ether oxygens (including phenoxy) is 1. The second-order valence-corrected chi connectivity index (χ2v) is 5.53. The van der Waals surface area contributed by atoms with Crippen molar-refractivity contribution in [1.82, 2.24) is 0 Å². The van der Waals surface area contributed by atoms with Crippen LogP contribution >= 0.6 is 36.6 Å². The molecule has 0 saturated heterocycles. The van der Waals surface area contributed by atoms with E-state index in [4.69, 9.17) is 17.0 Å². The summed E-state index contributed by atoms with van der Waals surface area (Å²) in [5.41, 5.74) is 0.866. The lowest BCUT2D eigenvalue weighted by Crippen LogP contribution is -2.11. The van der Waals surface area contributed by atoms with Crippen LogP contribution in [0, 0.1) is 0 Å². The van der Waals surface area contributed by atoms with Crippen LogP contribution in [0.3, 0.4) is 0 Å². The van der Waals surface area contributed by atoms with Crippen LogP contribution in [-0.4, -0.2) is 16.6 Å². The monoisotopic (exact) mass is 258 g/mol. The molecule has 1 aromatic carbocycles. The first-order chi connectivity index (χ1) is 7.15. The summed E-state index contributed by atoms with van der Waals surface area (Å²) in [5.74, 6) is -0.317. The molecule has 1 rings (SSSR count). The lowest BCUT2D eigenvalue weighted by molar-refractivity contribution is -0.140. The number of thiol groups is 1. The lowest BCUT2D eigenvalue weighted by Gasteiger charge is -2.12. The maximum absolute atomic E-state index is 11.5. The Balaban J connectivity index is 2.91. The molecule has 0 amide bonds. The summed E-state index contributed by atoms with van der Waals surface area (Å²) in [6, 6.07) is 9.35. The molecular formula is C10H10O2S3. The molecule has 0 radical (unpaired) electrons. The highest BCUT2D eigenvalue weighted by molar-refractivity contribution is 8.41. The quantitative estimate of drug-likeness (QED) is 0.512. The van der Waals surface area contributed by atoms with Crippen molar-refractivity contribution in [3.05, 3.63) is 35.9 Å². The van der Waals surface area contributed by atoms with Crippen molar-refractivity contribution in [2.75, 3.05) is 7.11 Å². The topological polar surface area (TPSA) is 26.3 Å². The minimum atomic E-state index is -0.429. The van der Waals surface area contributed by atoms with E-state index in [2.05, 4.69) is 12.6 Å². The Morgan fingerprint density at radius 2 is 2.07 bits per heavy atom. The molecule has 1 atom stereocenters. The first-order valence-electron chi connectivity index (χ1n) is 4.17. The number of rotatable bonds is 3. The Bertz CT molecular complexity index is 351. The lowest BCUT2D eigenvalue weighted by atomic mass is 10.1. The molecule has 80 valence electrons. The molecule has 0 aliphatic carbocycles. The van der Waals surface area contributed by atoms with E-state index in [1.807, 2.05) is 30.3 Å². The zero-order chi connectivity index (χ0) is 11.3. The number of hydrogen-bond acceptors (Lipinski definition) is 4. The number of carbonyl (C=O) groups is 1. The molecule has 0 saturated carbocycles. The number of esters is 1. The summed E-state index contributed by atoms with van der Waals surface area (Å²) in [6.07, 6.45) is 0. The van der Waals surface area contributed by atoms with Crippen LogP contribution in [0.15, 0.2) is 30.3 Å². The number of thioether (sulfide) groups is 1. The first kappa shape index (κ1) is 12.5. The SMILES string of the molecule is COC(=O)C(SC(=S)S)c1ccccc1. The highest BCUT2D eigenvalue weighted by Crippen LogP contribution is 2.31. The number of hydrogen-bond donors (Lipinski definition) is 1. The third kappa shape index (κ3) is 3.85. The van der Waals surface area contributed by atoms with Crippen LogP contribution < -0.4 is 0 Å². The molecule has 0 aliphatic rings. The molecule has 15 heavy (non-hydrogen) atoms. The van der Waals surface area contributed by atoms with Gasteiger partial charge in [-0.2, -0.15) is 0 Å². The molecule has 0 aliphatic heterocycles. The molecule has 0 fully saturated rings. The van der Waals surface area contributed by atoms with E-state index in [0.29, 0.717) is 3.53 Å². The fraction of sp³-hybridized carbons (Fsp3) is 0.200. The van der Waals surface area contributed by atoms with E-state index in [-0.39, 0.29) is 5.97 Å². The Kier molecular flexibility index (Phi) is 5.14. The van der Waals surface area contributed by atoms with Crippen LogP contribution in [0.2, 0.25) is 0 Å². The summed E-state index contributed by atoms with van der Waals surface area (Å²) in [7, 11) is 1.36. The fourth-order valence-corrected chi connectivity index (χ4v) is 2.38. The molecule has 2 nitrogen and oxygen atoms in total. The van der Waals surface area contributed by atoms with Crippen LogP contribution in [0.25, 0.3) is 0 Å². The average molecular weight is 258 g/mol. The van der Waals surface area contributed by atoms with Crippen LogP contribution in [-0.2, 0) is 9.53 Å². The standard InChI is InChI=1S/C10H10O2S3/c1-12-9(11)8(15-10(13)14)7-5-3-2-4-6-7/h2-6,8H,1H3,(H,13,14). The summed E-state index contributed by atoms with van der Waals surface area (Å²) >= 11 is 10.1. The summed E-state index contributed by atoms with van der Waals surface area (Å²) in [5, 5.41) is -0.429. The van der Waals surface area contributed by atoms with Crippen molar-refractivity contribution < 1.29 is 9.53 Å². The van der Waals surface area contributed by atoms with E-state index in [1.165, 1.54) is 18.9 Å². The van der Waals surface area contributed by atoms with Crippen LogP contribution in [0.5, 0.6) is 0 Å². The van der Waals surface area contributed by atoms with Crippen molar-refractivity contribution >= 4 is 46.1 Å². The van der Waals surface area contributed by atoms with Gasteiger partial charge in [0, 0.05) is 0 Å². The van der Waals surface area contributed by atoms with Crippen molar-refractivity contribution in [1.29, 1.82) is 0 Å². The van der Waals surface area contributed by atoms with Gasteiger partial charge in [-0.05, 0) is 5.56 Å². The Morgan fingerprint density at radius 1 is 1.47 bits per heavy atom. The number of carbonyl (C=O) groups excluding carboxylic acids is 1. The molecule has 1 aromatic rings. The maximum Gasteiger partial charge on any atom is 0.323 e. The largest absolute Gasteiger partial charge is 0.468 e. The molecule has 5 heteroatoms. The van der Waals surface area contributed by atoms with Gasteiger partial charge in [0.05, 0.1) is 7.11 Å². The second-order valence-electron chi connectivity index (χ2n) is 2.70. The van der Waals surface area contributed by atoms with Crippen LogP contribution in [0.4, 0.5) is 0 Å². The summed E-state index contributed by atoms with van der Waals surface area (Å²) in [4.78, 5) is 11.5. The normalized spacial score (nSPS) is 11.9. The van der Waals surface area contributed by atoms with E-state index >= 15 is 0 Å². The van der Waals surface area contributed by atoms with Crippen molar-refractivity contribution in [3.63, 3.8) is 0 Å². The van der Waals surface area contributed by atoms with Gasteiger partial charge >= 0.3 is 5.97 Å². The van der Waals surface area contributed by atoms with Gasteiger partial charge in [-0.1, -0.05) is 54.3 Å². The molecular weight excluding hydrogens is 248 g/mol. The van der Waals surface area contributed by atoms with Gasteiger partial charge in [0.2, 0.25) is 0 Å². The molecule has 0 bridgehead atoms. The second kappa shape index (κ2) is 6.15. The minimum Gasteiger partial charge on any atom is -0.468 e. The number of benzene rings is 1. The van der Waals surface area contributed by atoms with E-state index in [0.717, 1.165) is 5.56 Å². The third-order valence-electron chi connectivity index (χ3n) is 1.74. The Hall–Kier alpha value is -0.520. The highest BCUT2D eigenvalue weighted by Gasteiger charge is 2.22. The molecule has 0 heterocycles. The number of thiocarbonyl (C=S) groups is 1. The van der Waals surface area contributed by atoms with E-state index < -0.39 is 5.25 Å². The summed E-state index contributed by atoms with van der Waals surface area (Å²) < 4.78 is 5.14. The molecule has 0 N–H and O–H groups in total. The third-order valence-corrected chi connectivity index (χ3v) is 3.24. The Morgan fingerprint density at radius 3 is 2.53 bits per heavy atom. The number of methoxy groups -OCH3 is 1. The fourth-order valence-electron chi connectivity index (χ4n) is 1.09. The van der Waals surface area contributed by atoms with Gasteiger partial charge < -0.3 is 4.74 Å². The first-order valence-corrected chi connectivity index (χ1v) is 5.91. The van der Waals surface area contributed by atoms with Gasteiger partial charge in [-0.3, -0.25) is 4.79 Å². The van der Waals surface area contributed by atoms with Crippen LogP contribution in [0.1, 0.15) is 10.8 Å². The summed E-state index contributed by atoms with van der Waals surface area (Å²) in [6.45, 7) is 0. The molecule has 0 spiro atoms. The molecule has 0 aromatic heterocycles. The van der Waals surface area contributed by atoms with Gasteiger partial charge in [0.25, 0.3) is 0 Å². The molecule has 1 unspecified atom stereocenters. The minimum absolute atomic E-state index is 0.317. The zero-order valence-corrected chi connectivity index (χ0v) is 10.6. The van der Waals surface area contributed by atoms with E-state index in [9.17, 15) is 4.79 Å². The van der Waals surface area contributed by atoms with Crippen molar-refractivity contribution in [3.8, 4) is 0 Å². The van der Waals surface area contributed by atoms with Gasteiger partial charge in [-0.25, -0.2) is 0 Å². The Labute approximate surface area is 104 Å². The highest BCUT2D eigenvalue weighted by atomic mass is 32.2. The predicted octanol–water partition coefficient (Wildman–Crippen LogP) is 2.85.